The van der Waals surface area contributed by atoms with Crippen molar-refractivity contribution >= 4 is 22.1 Å². The van der Waals surface area contributed by atoms with E-state index in [0.717, 1.165) is 6.08 Å². The van der Waals surface area contributed by atoms with Crippen molar-refractivity contribution in [2.75, 3.05) is 13.1 Å². The molecule has 0 saturated carbocycles. The summed E-state index contributed by atoms with van der Waals surface area (Å²) in [7, 11) is -3.61. The average Bonchev–Trinajstić information content (AvgIpc) is 2.46. The van der Waals surface area contributed by atoms with Crippen LogP contribution in [-0.4, -0.2) is 48.1 Å². The van der Waals surface area contributed by atoms with Crippen molar-refractivity contribution in [1.82, 2.24) is 4.31 Å². The molecule has 21 heavy (non-hydrogen) atoms. The van der Waals surface area contributed by atoms with Gasteiger partial charge in [0, 0.05) is 19.2 Å². The zero-order valence-corrected chi connectivity index (χ0v) is 12.2. The van der Waals surface area contributed by atoms with Gasteiger partial charge in [-0.1, -0.05) is 12.1 Å². The van der Waals surface area contributed by atoms with Gasteiger partial charge in [-0.15, -0.1) is 0 Å². The number of sulfonamides is 1. The highest BCUT2D eigenvalue weighted by atomic mass is 32.2. The van der Waals surface area contributed by atoms with Crippen LogP contribution in [0.15, 0.2) is 35.2 Å². The van der Waals surface area contributed by atoms with Gasteiger partial charge in [-0.3, -0.25) is 0 Å². The van der Waals surface area contributed by atoms with Crippen LogP contribution < -0.4 is 0 Å². The van der Waals surface area contributed by atoms with Crippen LogP contribution in [0.4, 0.5) is 0 Å². The Balaban J connectivity index is 2.24. The SMILES string of the molecule is O=C(O)C=Cc1cccc(S(=O)(=O)N2CCC(O)CC2)c1. The molecular formula is C14H17NO5S. The lowest BCUT2D eigenvalue weighted by atomic mass is 10.1. The van der Waals surface area contributed by atoms with Crippen molar-refractivity contribution in [2.24, 2.45) is 0 Å². The Morgan fingerprint density at radius 1 is 1.29 bits per heavy atom. The fraction of sp³-hybridized carbons (Fsp3) is 0.357. The van der Waals surface area contributed by atoms with Crippen molar-refractivity contribution < 1.29 is 23.4 Å². The number of rotatable bonds is 4. The minimum atomic E-state index is -3.61. The van der Waals surface area contributed by atoms with E-state index in [2.05, 4.69) is 0 Å². The molecule has 2 rings (SSSR count). The summed E-state index contributed by atoms with van der Waals surface area (Å²) in [5.41, 5.74) is 0.510. The number of carboxylic acids is 1. The Morgan fingerprint density at radius 2 is 1.95 bits per heavy atom. The van der Waals surface area contributed by atoms with Gasteiger partial charge in [0.2, 0.25) is 10.0 Å². The fourth-order valence-electron chi connectivity index (χ4n) is 2.18. The number of aliphatic hydroxyl groups excluding tert-OH is 1. The molecule has 6 nitrogen and oxygen atoms in total. The summed E-state index contributed by atoms with van der Waals surface area (Å²) in [6, 6.07) is 6.14. The van der Waals surface area contributed by atoms with E-state index in [0.29, 0.717) is 31.5 Å². The van der Waals surface area contributed by atoms with E-state index in [9.17, 15) is 18.3 Å². The maximum Gasteiger partial charge on any atom is 0.328 e. The Morgan fingerprint density at radius 3 is 2.57 bits per heavy atom. The van der Waals surface area contributed by atoms with E-state index in [1.807, 2.05) is 0 Å². The summed E-state index contributed by atoms with van der Waals surface area (Å²) in [6.45, 7) is 0.581. The van der Waals surface area contributed by atoms with E-state index in [1.165, 1.54) is 22.5 Å². The van der Waals surface area contributed by atoms with Crippen molar-refractivity contribution in [3.05, 3.63) is 35.9 Å². The maximum atomic E-state index is 12.5. The van der Waals surface area contributed by atoms with Gasteiger partial charge in [0.25, 0.3) is 0 Å². The lowest BCUT2D eigenvalue weighted by Crippen LogP contribution is -2.39. The largest absolute Gasteiger partial charge is 0.478 e. The molecule has 0 aliphatic carbocycles. The first-order valence-electron chi connectivity index (χ1n) is 6.59. The van der Waals surface area contributed by atoms with E-state index < -0.39 is 22.1 Å². The second-order valence-electron chi connectivity index (χ2n) is 4.88. The number of piperidine rings is 1. The molecule has 1 aromatic rings. The van der Waals surface area contributed by atoms with Crippen LogP contribution in [0.1, 0.15) is 18.4 Å². The van der Waals surface area contributed by atoms with Crippen molar-refractivity contribution in [3.63, 3.8) is 0 Å². The molecule has 1 aliphatic rings. The fourth-order valence-corrected chi connectivity index (χ4v) is 3.70. The molecule has 114 valence electrons. The van der Waals surface area contributed by atoms with Crippen LogP contribution in [0.25, 0.3) is 6.08 Å². The highest BCUT2D eigenvalue weighted by Crippen LogP contribution is 2.21. The average molecular weight is 311 g/mol. The molecule has 1 saturated heterocycles. The van der Waals surface area contributed by atoms with E-state index in [1.54, 1.807) is 12.1 Å². The van der Waals surface area contributed by atoms with Crippen LogP contribution in [0, 0.1) is 0 Å². The smallest absolute Gasteiger partial charge is 0.328 e. The summed E-state index contributed by atoms with van der Waals surface area (Å²) in [6.07, 6.45) is 2.72. The molecule has 0 amide bonds. The molecule has 0 atom stereocenters. The monoisotopic (exact) mass is 311 g/mol. The lowest BCUT2D eigenvalue weighted by Gasteiger charge is -2.28. The minimum Gasteiger partial charge on any atom is -0.478 e. The van der Waals surface area contributed by atoms with Gasteiger partial charge >= 0.3 is 5.97 Å². The molecule has 0 radical (unpaired) electrons. The van der Waals surface area contributed by atoms with Crippen molar-refractivity contribution in [3.8, 4) is 0 Å². The number of carboxylic acid groups (broad SMARTS) is 1. The minimum absolute atomic E-state index is 0.131. The topological polar surface area (TPSA) is 94.9 Å². The highest BCUT2D eigenvalue weighted by Gasteiger charge is 2.28. The zero-order chi connectivity index (χ0) is 15.5. The first-order chi connectivity index (χ1) is 9.89. The van der Waals surface area contributed by atoms with Gasteiger partial charge in [-0.2, -0.15) is 4.31 Å². The van der Waals surface area contributed by atoms with Crippen LogP contribution in [-0.2, 0) is 14.8 Å². The van der Waals surface area contributed by atoms with Crippen LogP contribution >= 0.6 is 0 Å². The molecule has 2 N–H and O–H groups in total. The van der Waals surface area contributed by atoms with E-state index in [-0.39, 0.29) is 4.90 Å². The first kappa shape index (κ1) is 15.7. The summed E-state index contributed by atoms with van der Waals surface area (Å²) >= 11 is 0. The van der Waals surface area contributed by atoms with Gasteiger partial charge in [-0.25, -0.2) is 13.2 Å². The second kappa shape index (κ2) is 6.38. The quantitative estimate of drug-likeness (QED) is 0.807. The third-order valence-electron chi connectivity index (χ3n) is 3.34. The zero-order valence-electron chi connectivity index (χ0n) is 11.3. The van der Waals surface area contributed by atoms with Crippen LogP contribution in [0.2, 0.25) is 0 Å². The Hall–Kier alpha value is -1.70. The number of hydrogen-bond donors (Lipinski definition) is 2. The summed E-state index contributed by atoms with van der Waals surface area (Å²) in [5, 5.41) is 18.0. The molecule has 0 aromatic heterocycles. The number of nitrogens with zero attached hydrogens (tertiary/aromatic N) is 1. The third kappa shape index (κ3) is 3.90. The van der Waals surface area contributed by atoms with Gasteiger partial charge in [0.05, 0.1) is 11.0 Å². The Labute approximate surface area is 123 Å². The number of aliphatic hydroxyl groups is 1. The van der Waals surface area contributed by atoms with Gasteiger partial charge < -0.3 is 10.2 Å². The normalized spacial score (nSPS) is 18.1. The van der Waals surface area contributed by atoms with Crippen molar-refractivity contribution in [2.45, 2.75) is 23.8 Å². The summed E-state index contributed by atoms with van der Waals surface area (Å²) < 4.78 is 26.3. The highest BCUT2D eigenvalue weighted by molar-refractivity contribution is 7.89. The molecule has 1 aromatic carbocycles. The Kier molecular flexibility index (Phi) is 4.76. The number of aliphatic carboxylic acids is 1. The predicted octanol–water partition coefficient (Wildman–Crippen LogP) is 0.930. The van der Waals surface area contributed by atoms with E-state index >= 15 is 0 Å². The van der Waals surface area contributed by atoms with Gasteiger partial charge in [0.1, 0.15) is 0 Å². The first-order valence-corrected chi connectivity index (χ1v) is 8.03. The molecule has 1 heterocycles. The molecule has 0 spiro atoms. The molecular weight excluding hydrogens is 294 g/mol. The molecule has 1 fully saturated rings. The van der Waals surface area contributed by atoms with Crippen molar-refractivity contribution in [1.29, 1.82) is 0 Å². The third-order valence-corrected chi connectivity index (χ3v) is 5.23. The summed E-state index contributed by atoms with van der Waals surface area (Å²) in [4.78, 5) is 10.6. The number of carbonyl (C=O) groups is 1. The standard InChI is InChI=1S/C14H17NO5S/c16-12-6-8-15(9-7-12)21(19,20)13-3-1-2-11(10-13)4-5-14(17)18/h1-5,10,12,16H,6-9H2,(H,17,18). The summed E-state index contributed by atoms with van der Waals surface area (Å²) in [5.74, 6) is -1.09. The second-order valence-corrected chi connectivity index (χ2v) is 6.82. The molecule has 0 unspecified atom stereocenters. The predicted molar refractivity (Wildman–Crippen MR) is 77.1 cm³/mol. The molecule has 1 aliphatic heterocycles. The van der Waals surface area contributed by atoms with Crippen LogP contribution in [0.3, 0.4) is 0 Å². The Bertz CT molecular complexity index is 645. The molecule has 0 bridgehead atoms. The van der Waals surface area contributed by atoms with Crippen LogP contribution in [0.5, 0.6) is 0 Å². The van der Waals surface area contributed by atoms with E-state index in [4.69, 9.17) is 5.11 Å². The molecule has 7 heteroatoms. The van der Waals surface area contributed by atoms with Gasteiger partial charge in [-0.05, 0) is 36.6 Å². The lowest BCUT2D eigenvalue weighted by molar-refractivity contribution is -0.131. The number of hydrogen-bond acceptors (Lipinski definition) is 4. The number of benzene rings is 1. The van der Waals surface area contributed by atoms with Gasteiger partial charge in [0.15, 0.2) is 0 Å². The maximum absolute atomic E-state index is 12.5.